The highest BCUT2D eigenvalue weighted by Gasteiger charge is 2.24. The maximum Gasteiger partial charge on any atom is 0.254 e. The molecule has 0 saturated carbocycles. The standard InChI is InChI=1S/C21H25BrN2O3/c1-3-13-27-20-18(22)14-16(15-19(20)26-2)21(25)24-11-9-23(10-12-24)17-7-5-4-6-8-17/h4-8,14-15H,3,9-13H2,1-2H3. The Balaban J connectivity index is 1.70. The molecule has 1 fully saturated rings. The maximum atomic E-state index is 13.0. The first-order valence-electron chi connectivity index (χ1n) is 9.23. The van der Waals surface area contributed by atoms with Crippen LogP contribution in [0.3, 0.4) is 0 Å². The van der Waals surface area contributed by atoms with Crippen LogP contribution in [-0.2, 0) is 0 Å². The average Bonchev–Trinajstić information content (AvgIpc) is 2.72. The highest BCUT2D eigenvalue weighted by atomic mass is 79.9. The van der Waals surface area contributed by atoms with Crippen LogP contribution in [0, 0.1) is 0 Å². The van der Waals surface area contributed by atoms with Gasteiger partial charge in [0.05, 0.1) is 18.2 Å². The summed E-state index contributed by atoms with van der Waals surface area (Å²) in [6, 6.07) is 13.9. The number of piperazine rings is 1. The van der Waals surface area contributed by atoms with Gasteiger partial charge >= 0.3 is 0 Å². The quantitative estimate of drug-likeness (QED) is 0.685. The number of methoxy groups -OCH3 is 1. The lowest BCUT2D eigenvalue weighted by molar-refractivity contribution is 0.0746. The Morgan fingerprint density at radius 1 is 1.11 bits per heavy atom. The molecule has 1 saturated heterocycles. The van der Waals surface area contributed by atoms with Crippen LogP contribution in [0.4, 0.5) is 5.69 Å². The Morgan fingerprint density at radius 3 is 2.44 bits per heavy atom. The van der Waals surface area contributed by atoms with Gasteiger partial charge in [0, 0.05) is 37.4 Å². The summed E-state index contributed by atoms with van der Waals surface area (Å²) < 4.78 is 11.9. The van der Waals surface area contributed by atoms with Crippen LogP contribution in [0.2, 0.25) is 0 Å². The molecule has 0 radical (unpaired) electrons. The summed E-state index contributed by atoms with van der Waals surface area (Å²) in [6.45, 7) is 5.69. The number of amides is 1. The zero-order valence-corrected chi connectivity index (χ0v) is 17.4. The number of halogens is 1. The van der Waals surface area contributed by atoms with Crippen LogP contribution in [0.5, 0.6) is 11.5 Å². The second-order valence-corrected chi connectivity index (χ2v) is 7.31. The Bertz CT molecular complexity index is 774. The molecule has 0 bridgehead atoms. The molecule has 1 amide bonds. The molecule has 6 heteroatoms. The third-order valence-electron chi connectivity index (χ3n) is 4.62. The van der Waals surface area contributed by atoms with Crippen LogP contribution >= 0.6 is 15.9 Å². The molecule has 2 aromatic carbocycles. The van der Waals surface area contributed by atoms with E-state index in [4.69, 9.17) is 9.47 Å². The maximum absolute atomic E-state index is 13.0. The summed E-state index contributed by atoms with van der Waals surface area (Å²) in [4.78, 5) is 17.2. The second kappa shape index (κ2) is 9.13. The molecule has 5 nitrogen and oxygen atoms in total. The van der Waals surface area contributed by atoms with Crippen LogP contribution in [-0.4, -0.2) is 50.7 Å². The molecule has 3 rings (SSSR count). The normalized spacial score (nSPS) is 14.2. The monoisotopic (exact) mass is 432 g/mol. The second-order valence-electron chi connectivity index (χ2n) is 6.45. The Kier molecular flexibility index (Phi) is 6.61. The predicted molar refractivity (Wildman–Crippen MR) is 111 cm³/mol. The van der Waals surface area contributed by atoms with Crippen molar-refractivity contribution in [3.05, 3.63) is 52.5 Å². The first-order valence-corrected chi connectivity index (χ1v) is 10.0. The van der Waals surface area contributed by atoms with E-state index in [1.165, 1.54) is 5.69 Å². The van der Waals surface area contributed by atoms with Crippen LogP contribution in [0.15, 0.2) is 46.9 Å². The topological polar surface area (TPSA) is 42.0 Å². The molecule has 1 heterocycles. The summed E-state index contributed by atoms with van der Waals surface area (Å²) in [6.07, 6.45) is 0.905. The first kappa shape index (κ1) is 19.5. The SMILES string of the molecule is CCCOc1c(Br)cc(C(=O)N2CCN(c3ccccc3)CC2)cc1OC. The van der Waals surface area contributed by atoms with Crippen molar-refractivity contribution < 1.29 is 14.3 Å². The van der Waals surface area contributed by atoms with E-state index in [2.05, 4.69) is 33.0 Å². The highest BCUT2D eigenvalue weighted by molar-refractivity contribution is 9.10. The van der Waals surface area contributed by atoms with Crippen LogP contribution in [0.25, 0.3) is 0 Å². The third kappa shape index (κ3) is 4.56. The Morgan fingerprint density at radius 2 is 1.81 bits per heavy atom. The van der Waals surface area contributed by atoms with E-state index < -0.39 is 0 Å². The lowest BCUT2D eigenvalue weighted by atomic mass is 10.1. The number of benzene rings is 2. The lowest BCUT2D eigenvalue weighted by Crippen LogP contribution is -2.48. The molecule has 1 aliphatic rings. The first-order chi connectivity index (χ1) is 13.1. The van der Waals surface area contributed by atoms with E-state index in [0.717, 1.165) is 24.0 Å². The minimum atomic E-state index is 0.0174. The molecule has 0 aromatic heterocycles. The highest BCUT2D eigenvalue weighted by Crippen LogP contribution is 2.37. The van der Waals surface area contributed by atoms with Crippen molar-refractivity contribution in [2.75, 3.05) is 44.8 Å². The average molecular weight is 433 g/mol. The largest absolute Gasteiger partial charge is 0.493 e. The molecular formula is C21H25BrN2O3. The number of carbonyl (C=O) groups excluding carboxylic acids is 1. The van der Waals surface area contributed by atoms with Crippen molar-refractivity contribution in [1.82, 2.24) is 4.90 Å². The number of para-hydroxylation sites is 1. The van der Waals surface area contributed by atoms with Crippen molar-refractivity contribution in [2.45, 2.75) is 13.3 Å². The summed E-state index contributed by atoms with van der Waals surface area (Å²) in [5, 5.41) is 0. The van der Waals surface area contributed by atoms with Gasteiger partial charge in [-0.05, 0) is 46.6 Å². The molecule has 144 valence electrons. The smallest absolute Gasteiger partial charge is 0.254 e. The number of rotatable bonds is 6. The fourth-order valence-corrected chi connectivity index (χ4v) is 3.73. The Hall–Kier alpha value is -2.21. The zero-order valence-electron chi connectivity index (χ0n) is 15.8. The van der Waals surface area contributed by atoms with E-state index >= 15 is 0 Å². The zero-order chi connectivity index (χ0) is 19.2. The van der Waals surface area contributed by atoms with Gasteiger partial charge in [-0.15, -0.1) is 0 Å². The number of hydrogen-bond acceptors (Lipinski definition) is 4. The van der Waals surface area contributed by atoms with E-state index in [9.17, 15) is 4.79 Å². The number of carbonyl (C=O) groups is 1. The van der Waals surface area contributed by atoms with Crippen LogP contribution < -0.4 is 14.4 Å². The molecule has 0 unspecified atom stereocenters. The van der Waals surface area contributed by atoms with E-state index in [-0.39, 0.29) is 5.91 Å². The number of anilines is 1. The van der Waals surface area contributed by atoms with Gasteiger partial charge in [0.15, 0.2) is 11.5 Å². The Labute approximate surface area is 169 Å². The molecule has 0 atom stereocenters. The fourth-order valence-electron chi connectivity index (χ4n) is 3.18. The van der Waals surface area contributed by atoms with Gasteiger partial charge in [-0.3, -0.25) is 4.79 Å². The van der Waals surface area contributed by atoms with E-state index in [0.29, 0.717) is 36.8 Å². The minimum Gasteiger partial charge on any atom is -0.493 e. The molecule has 0 N–H and O–H groups in total. The van der Waals surface area contributed by atoms with Gasteiger partial charge in [-0.2, -0.15) is 0 Å². The fraction of sp³-hybridized carbons (Fsp3) is 0.381. The summed E-state index contributed by atoms with van der Waals surface area (Å²) >= 11 is 3.52. The van der Waals surface area contributed by atoms with Crippen molar-refractivity contribution in [2.24, 2.45) is 0 Å². The molecular weight excluding hydrogens is 408 g/mol. The van der Waals surface area contributed by atoms with Crippen molar-refractivity contribution in [1.29, 1.82) is 0 Å². The van der Waals surface area contributed by atoms with Gasteiger partial charge < -0.3 is 19.3 Å². The molecule has 27 heavy (non-hydrogen) atoms. The van der Waals surface area contributed by atoms with E-state index in [1.54, 1.807) is 13.2 Å². The summed E-state index contributed by atoms with van der Waals surface area (Å²) in [5.41, 5.74) is 1.81. The molecule has 0 spiro atoms. The van der Waals surface area contributed by atoms with Crippen LogP contribution in [0.1, 0.15) is 23.7 Å². The van der Waals surface area contributed by atoms with Gasteiger partial charge in [0.1, 0.15) is 0 Å². The third-order valence-corrected chi connectivity index (χ3v) is 5.20. The number of ether oxygens (including phenoxy) is 2. The van der Waals surface area contributed by atoms with Gasteiger partial charge in [-0.1, -0.05) is 25.1 Å². The predicted octanol–water partition coefficient (Wildman–Crippen LogP) is 4.21. The summed E-state index contributed by atoms with van der Waals surface area (Å²) in [7, 11) is 1.59. The van der Waals surface area contributed by atoms with Gasteiger partial charge in [0.2, 0.25) is 0 Å². The van der Waals surface area contributed by atoms with Gasteiger partial charge in [0.25, 0.3) is 5.91 Å². The molecule has 2 aromatic rings. The molecule has 0 aliphatic carbocycles. The minimum absolute atomic E-state index is 0.0174. The molecule has 1 aliphatic heterocycles. The number of nitrogens with zero attached hydrogens (tertiary/aromatic N) is 2. The summed E-state index contributed by atoms with van der Waals surface area (Å²) in [5.74, 6) is 1.23. The van der Waals surface area contributed by atoms with Crippen molar-refractivity contribution in [3.8, 4) is 11.5 Å². The van der Waals surface area contributed by atoms with Gasteiger partial charge in [-0.25, -0.2) is 0 Å². The lowest BCUT2D eigenvalue weighted by Gasteiger charge is -2.36. The van der Waals surface area contributed by atoms with Crippen molar-refractivity contribution >= 4 is 27.5 Å². The number of hydrogen-bond donors (Lipinski definition) is 0. The van der Waals surface area contributed by atoms with E-state index in [1.807, 2.05) is 36.1 Å². The van der Waals surface area contributed by atoms with Crippen molar-refractivity contribution in [3.63, 3.8) is 0 Å².